The van der Waals surface area contributed by atoms with Gasteiger partial charge >= 0.3 is 5.97 Å². The number of hydrogen-bond acceptors (Lipinski definition) is 4. The van der Waals surface area contributed by atoms with Crippen molar-refractivity contribution >= 4 is 17.7 Å². The van der Waals surface area contributed by atoms with Crippen LogP contribution in [0.5, 0.6) is 0 Å². The first-order chi connectivity index (χ1) is 9.27. The second-order valence-corrected chi connectivity index (χ2v) is 6.12. The molecule has 2 aliphatic heterocycles. The molecule has 0 aromatic heterocycles. The normalized spacial score (nSPS) is 27.8. The monoisotopic (exact) mass is 278 g/mol. The standard InChI is InChI=1S/C14H18N2O2S/c17-14(18)12-9-19-8-7-16(12)13-11-4-2-1-3-10(11)5-6-15-13/h1-4,12-13,15H,5-9H2,(H,17,18). The van der Waals surface area contributed by atoms with Crippen LogP contribution in [0.2, 0.25) is 0 Å². The summed E-state index contributed by atoms with van der Waals surface area (Å²) >= 11 is 1.73. The van der Waals surface area contributed by atoms with Gasteiger partial charge in [-0.1, -0.05) is 24.3 Å². The number of nitrogens with zero attached hydrogens (tertiary/aromatic N) is 1. The Balaban J connectivity index is 1.91. The van der Waals surface area contributed by atoms with Crippen molar-refractivity contribution < 1.29 is 9.90 Å². The number of nitrogens with one attached hydrogen (secondary N) is 1. The summed E-state index contributed by atoms with van der Waals surface area (Å²) in [7, 11) is 0. The maximum absolute atomic E-state index is 11.4. The van der Waals surface area contributed by atoms with Gasteiger partial charge in [0.25, 0.3) is 0 Å². The van der Waals surface area contributed by atoms with Crippen LogP contribution in [0.15, 0.2) is 24.3 Å². The second kappa shape index (κ2) is 5.53. The highest BCUT2D eigenvalue weighted by molar-refractivity contribution is 7.99. The summed E-state index contributed by atoms with van der Waals surface area (Å²) < 4.78 is 0. The Labute approximate surface area is 117 Å². The maximum Gasteiger partial charge on any atom is 0.321 e. The van der Waals surface area contributed by atoms with Crippen LogP contribution in [0.3, 0.4) is 0 Å². The van der Waals surface area contributed by atoms with Crippen LogP contribution < -0.4 is 5.32 Å². The van der Waals surface area contributed by atoms with E-state index in [2.05, 4.69) is 28.4 Å². The quantitative estimate of drug-likeness (QED) is 0.855. The lowest BCUT2D eigenvalue weighted by molar-refractivity contribution is -0.143. The molecule has 0 spiro atoms. The molecule has 1 aromatic rings. The van der Waals surface area contributed by atoms with Gasteiger partial charge in [0.1, 0.15) is 6.04 Å². The molecule has 19 heavy (non-hydrogen) atoms. The molecule has 4 nitrogen and oxygen atoms in total. The van der Waals surface area contributed by atoms with Gasteiger partial charge in [-0.2, -0.15) is 11.8 Å². The third-order valence-corrected chi connectivity index (χ3v) is 4.89. The Bertz CT molecular complexity index is 480. The van der Waals surface area contributed by atoms with Crippen molar-refractivity contribution in [2.75, 3.05) is 24.6 Å². The highest BCUT2D eigenvalue weighted by Gasteiger charge is 2.36. The number of benzene rings is 1. The largest absolute Gasteiger partial charge is 0.480 e. The number of hydrogen-bond donors (Lipinski definition) is 2. The van der Waals surface area contributed by atoms with E-state index in [0.29, 0.717) is 5.75 Å². The molecular formula is C14H18N2O2S. The summed E-state index contributed by atoms with van der Waals surface area (Å²) in [4.78, 5) is 13.5. The van der Waals surface area contributed by atoms with E-state index in [1.54, 1.807) is 11.8 Å². The van der Waals surface area contributed by atoms with Crippen LogP contribution in [0.25, 0.3) is 0 Å². The molecule has 2 N–H and O–H groups in total. The zero-order valence-electron chi connectivity index (χ0n) is 10.7. The Morgan fingerprint density at radius 2 is 2.26 bits per heavy atom. The summed E-state index contributed by atoms with van der Waals surface area (Å²) in [5.74, 6) is 0.969. The Morgan fingerprint density at radius 3 is 3.11 bits per heavy atom. The van der Waals surface area contributed by atoms with Crippen LogP contribution in [0.1, 0.15) is 17.3 Å². The molecule has 2 unspecified atom stereocenters. The predicted octanol–water partition coefficient (Wildman–Crippen LogP) is 1.33. The van der Waals surface area contributed by atoms with E-state index < -0.39 is 5.97 Å². The number of rotatable bonds is 2. The van der Waals surface area contributed by atoms with E-state index >= 15 is 0 Å². The van der Waals surface area contributed by atoms with Gasteiger partial charge in [-0.15, -0.1) is 0 Å². The van der Waals surface area contributed by atoms with Crippen molar-refractivity contribution in [3.63, 3.8) is 0 Å². The molecular weight excluding hydrogens is 260 g/mol. The Morgan fingerprint density at radius 1 is 1.42 bits per heavy atom. The minimum atomic E-state index is -0.711. The number of carboxylic acids is 1. The fourth-order valence-corrected chi connectivity index (χ4v) is 3.98. The Hall–Kier alpha value is -1.04. The highest BCUT2D eigenvalue weighted by Crippen LogP contribution is 2.30. The van der Waals surface area contributed by atoms with E-state index in [0.717, 1.165) is 25.3 Å². The molecule has 0 aliphatic carbocycles. The van der Waals surface area contributed by atoms with Crippen LogP contribution in [-0.2, 0) is 11.2 Å². The molecule has 1 saturated heterocycles. The van der Waals surface area contributed by atoms with Gasteiger partial charge in [-0.3, -0.25) is 15.0 Å². The van der Waals surface area contributed by atoms with Crippen LogP contribution >= 0.6 is 11.8 Å². The molecule has 3 rings (SSSR count). The van der Waals surface area contributed by atoms with Gasteiger partial charge < -0.3 is 5.11 Å². The van der Waals surface area contributed by atoms with Gasteiger partial charge in [0.15, 0.2) is 0 Å². The van der Waals surface area contributed by atoms with Crippen molar-refractivity contribution in [2.24, 2.45) is 0 Å². The molecule has 2 heterocycles. The molecule has 1 aromatic carbocycles. The molecule has 0 bridgehead atoms. The first-order valence-corrected chi connectivity index (χ1v) is 7.80. The second-order valence-electron chi connectivity index (χ2n) is 4.97. The lowest BCUT2D eigenvalue weighted by atomic mass is 9.97. The summed E-state index contributed by atoms with van der Waals surface area (Å²) in [6.07, 6.45) is 1.07. The van der Waals surface area contributed by atoms with E-state index in [-0.39, 0.29) is 12.2 Å². The average molecular weight is 278 g/mol. The molecule has 5 heteroatoms. The van der Waals surface area contributed by atoms with Gasteiger partial charge in [-0.25, -0.2) is 0 Å². The van der Waals surface area contributed by atoms with E-state index in [9.17, 15) is 9.90 Å². The SMILES string of the molecule is O=C(O)C1CSCCN1C1NCCc2ccccc21. The van der Waals surface area contributed by atoms with Gasteiger partial charge in [0.05, 0.1) is 6.17 Å². The number of thioether (sulfide) groups is 1. The molecule has 0 radical (unpaired) electrons. The van der Waals surface area contributed by atoms with Crippen molar-refractivity contribution in [1.29, 1.82) is 0 Å². The number of carbonyl (C=O) groups is 1. The van der Waals surface area contributed by atoms with E-state index in [1.807, 2.05) is 6.07 Å². The Kier molecular flexibility index (Phi) is 3.77. The van der Waals surface area contributed by atoms with Crippen molar-refractivity contribution in [3.05, 3.63) is 35.4 Å². The third-order valence-electron chi connectivity index (χ3n) is 3.87. The average Bonchev–Trinajstić information content (AvgIpc) is 2.46. The van der Waals surface area contributed by atoms with Crippen LogP contribution in [0.4, 0.5) is 0 Å². The summed E-state index contributed by atoms with van der Waals surface area (Å²) in [5, 5.41) is 12.9. The summed E-state index contributed by atoms with van der Waals surface area (Å²) in [6, 6.07) is 7.97. The van der Waals surface area contributed by atoms with E-state index in [1.165, 1.54) is 11.1 Å². The maximum atomic E-state index is 11.4. The van der Waals surface area contributed by atoms with Gasteiger partial charge in [0, 0.05) is 24.6 Å². The van der Waals surface area contributed by atoms with E-state index in [4.69, 9.17) is 0 Å². The topological polar surface area (TPSA) is 52.6 Å². The minimum Gasteiger partial charge on any atom is -0.480 e. The fraction of sp³-hybridized carbons (Fsp3) is 0.500. The smallest absolute Gasteiger partial charge is 0.321 e. The lowest BCUT2D eigenvalue weighted by Gasteiger charge is -2.41. The zero-order valence-corrected chi connectivity index (χ0v) is 11.5. The molecule has 0 saturated carbocycles. The summed E-state index contributed by atoms with van der Waals surface area (Å²) in [6.45, 7) is 1.74. The highest BCUT2D eigenvalue weighted by atomic mass is 32.2. The molecule has 2 atom stereocenters. The van der Waals surface area contributed by atoms with Gasteiger partial charge in [0.2, 0.25) is 0 Å². The van der Waals surface area contributed by atoms with Gasteiger partial charge in [-0.05, 0) is 17.5 Å². The first kappa shape index (κ1) is 13.0. The van der Waals surface area contributed by atoms with Crippen LogP contribution in [0, 0.1) is 0 Å². The lowest BCUT2D eigenvalue weighted by Crippen LogP contribution is -2.54. The molecule has 102 valence electrons. The predicted molar refractivity (Wildman–Crippen MR) is 76.3 cm³/mol. The summed E-state index contributed by atoms with van der Waals surface area (Å²) in [5.41, 5.74) is 2.58. The van der Waals surface area contributed by atoms with Crippen molar-refractivity contribution in [3.8, 4) is 0 Å². The number of fused-ring (bicyclic) bond motifs is 1. The number of aliphatic carboxylic acids is 1. The number of carboxylic acid groups (broad SMARTS) is 1. The fourth-order valence-electron chi connectivity index (χ4n) is 2.92. The van der Waals surface area contributed by atoms with Crippen molar-refractivity contribution in [2.45, 2.75) is 18.6 Å². The molecule has 0 amide bonds. The molecule has 1 fully saturated rings. The van der Waals surface area contributed by atoms with Crippen LogP contribution in [-0.4, -0.2) is 46.6 Å². The zero-order chi connectivity index (χ0) is 13.2. The minimum absolute atomic E-state index is 0.0481. The van der Waals surface area contributed by atoms with Crippen molar-refractivity contribution in [1.82, 2.24) is 10.2 Å². The molecule has 2 aliphatic rings. The first-order valence-electron chi connectivity index (χ1n) is 6.65. The third kappa shape index (κ3) is 2.50.